The van der Waals surface area contributed by atoms with Crippen LogP contribution < -0.4 is 4.74 Å². The van der Waals surface area contributed by atoms with Crippen molar-refractivity contribution in [2.75, 3.05) is 12.9 Å². The van der Waals surface area contributed by atoms with E-state index in [1.807, 2.05) is 30.0 Å². The van der Waals surface area contributed by atoms with E-state index < -0.39 is 0 Å². The molecule has 13 heavy (non-hydrogen) atoms. The summed E-state index contributed by atoms with van der Waals surface area (Å²) in [6.45, 7) is 3.69. The number of ether oxygens (including phenoxy) is 1. The predicted molar refractivity (Wildman–Crippen MR) is 58.5 cm³/mol. The van der Waals surface area contributed by atoms with Gasteiger partial charge in [-0.15, -0.1) is 18.3 Å². The monoisotopic (exact) mass is 194 g/mol. The average Bonchev–Trinajstić information content (AvgIpc) is 2.19. The van der Waals surface area contributed by atoms with E-state index in [4.69, 9.17) is 4.74 Å². The van der Waals surface area contributed by atoms with Crippen molar-refractivity contribution in [2.24, 2.45) is 0 Å². The summed E-state index contributed by atoms with van der Waals surface area (Å²) in [5, 5.41) is 0. The molecule has 0 saturated carbocycles. The lowest BCUT2D eigenvalue weighted by atomic mass is 10.3. The molecule has 0 bridgehead atoms. The van der Waals surface area contributed by atoms with Crippen LogP contribution >= 0.6 is 11.8 Å². The van der Waals surface area contributed by atoms with E-state index in [2.05, 4.69) is 18.7 Å². The molecule has 2 heteroatoms. The van der Waals surface area contributed by atoms with Gasteiger partial charge in [-0.2, -0.15) is 0 Å². The van der Waals surface area contributed by atoms with Gasteiger partial charge in [0.15, 0.2) is 0 Å². The third-order valence-electron chi connectivity index (χ3n) is 1.65. The Morgan fingerprint density at radius 2 is 2.08 bits per heavy atom. The fourth-order valence-electron chi connectivity index (χ4n) is 0.932. The molecule has 1 nitrogen and oxygen atoms in total. The van der Waals surface area contributed by atoms with E-state index in [9.17, 15) is 0 Å². The summed E-state index contributed by atoms with van der Waals surface area (Å²) >= 11 is 1.84. The third kappa shape index (κ3) is 3.55. The summed E-state index contributed by atoms with van der Waals surface area (Å²) in [5.74, 6) is 2.00. The maximum Gasteiger partial charge on any atom is 0.118 e. The van der Waals surface area contributed by atoms with Crippen molar-refractivity contribution in [2.45, 2.75) is 11.3 Å². The van der Waals surface area contributed by atoms with Crippen LogP contribution in [0.15, 0.2) is 41.8 Å². The number of rotatable bonds is 5. The lowest BCUT2D eigenvalue weighted by Crippen LogP contribution is -1.81. The third-order valence-corrected chi connectivity index (χ3v) is 2.70. The van der Waals surface area contributed by atoms with E-state index in [1.165, 1.54) is 4.90 Å². The highest BCUT2D eigenvalue weighted by molar-refractivity contribution is 7.99. The standard InChI is InChI=1S/C11H14OS/c1-3-4-9-13-11-7-5-10(12-2)6-8-11/h3,5-8H,1,4,9H2,2H3. The van der Waals surface area contributed by atoms with Crippen molar-refractivity contribution < 1.29 is 4.74 Å². The normalized spacial score (nSPS) is 9.62. The van der Waals surface area contributed by atoms with Gasteiger partial charge in [-0.05, 0) is 30.7 Å². The van der Waals surface area contributed by atoms with Crippen LogP contribution in [0.25, 0.3) is 0 Å². The van der Waals surface area contributed by atoms with Crippen molar-refractivity contribution >= 4 is 11.8 Å². The quantitative estimate of drug-likeness (QED) is 0.404. The van der Waals surface area contributed by atoms with Crippen LogP contribution in [0, 0.1) is 0 Å². The Bertz CT molecular complexity index is 253. The molecule has 70 valence electrons. The Balaban J connectivity index is 2.44. The molecule has 0 amide bonds. The van der Waals surface area contributed by atoms with Crippen molar-refractivity contribution in [3.63, 3.8) is 0 Å². The SMILES string of the molecule is C=CCCSc1ccc(OC)cc1. The smallest absolute Gasteiger partial charge is 0.118 e. The lowest BCUT2D eigenvalue weighted by Gasteiger charge is -2.01. The van der Waals surface area contributed by atoms with E-state index in [1.54, 1.807) is 7.11 Å². The molecular weight excluding hydrogens is 180 g/mol. The van der Waals surface area contributed by atoms with Crippen molar-refractivity contribution in [3.8, 4) is 5.75 Å². The van der Waals surface area contributed by atoms with Gasteiger partial charge in [-0.1, -0.05) is 6.08 Å². The summed E-state index contributed by atoms with van der Waals surface area (Å²) in [4.78, 5) is 1.28. The maximum atomic E-state index is 5.07. The zero-order chi connectivity index (χ0) is 9.52. The van der Waals surface area contributed by atoms with Crippen molar-refractivity contribution in [3.05, 3.63) is 36.9 Å². The van der Waals surface area contributed by atoms with Gasteiger partial charge in [0.2, 0.25) is 0 Å². The fraction of sp³-hybridized carbons (Fsp3) is 0.273. The Kier molecular flexibility index (Phi) is 4.47. The zero-order valence-corrected chi connectivity index (χ0v) is 8.64. The summed E-state index contributed by atoms with van der Waals surface area (Å²) in [5.41, 5.74) is 0. The molecule has 1 rings (SSSR count). The topological polar surface area (TPSA) is 9.23 Å². The number of allylic oxidation sites excluding steroid dienone is 1. The van der Waals surface area contributed by atoms with Crippen LogP contribution in [0.4, 0.5) is 0 Å². The fourth-order valence-corrected chi connectivity index (χ4v) is 1.78. The first-order valence-electron chi connectivity index (χ1n) is 4.24. The highest BCUT2D eigenvalue weighted by Gasteiger charge is 1.93. The second-order valence-electron chi connectivity index (χ2n) is 2.60. The van der Waals surface area contributed by atoms with Gasteiger partial charge in [0.25, 0.3) is 0 Å². The molecule has 1 aromatic rings. The molecule has 0 unspecified atom stereocenters. The van der Waals surface area contributed by atoms with Crippen molar-refractivity contribution in [1.82, 2.24) is 0 Å². The second kappa shape index (κ2) is 5.70. The molecule has 0 radical (unpaired) electrons. The van der Waals surface area contributed by atoms with Crippen LogP contribution in [-0.4, -0.2) is 12.9 Å². The summed E-state index contributed by atoms with van der Waals surface area (Å²) in [6, 6.07) is 8.12. The van der Waals surface area contributed by atoms with Crippen LogP contribution in [0.3, 0.4) is 0 Å². The van der Waals surface area contributed by atoms with Gasteiger partial charge in [0.1, 0.15) is 5.75 Å². The number of hydrogen-bond acceptors (Lipinski definition) is 2. The second-order valence-corrected chi connectivity index (χ2v) is 3.77. The summed E-state index contributed by atoms with van der Waals surface area (Å²) in [7, 11) is 1.68. The Hall–Kier alpha value is -0.890. The van der Waals surface area contributed by atoms with Gasteiger partial charge in [0, 0.05) is 10.6 Å². The summed E-state index contributed by atoms with van der Waals surface area (Å²) < 4.78 is 5.07. The minimum atomic E-state index is 0.910. The van der Waals surface area contributed by atoms with Crippen LogP contribution in [-0.2, 0) is 0 Å². The molecule has 0 spiro atoms. The van der Waals surface area contributed by atoms with Gasteiger partial charge in [-0.3, -0.25) is 0 Å². The molecule has 0 aliphatic carbocycles. The van der Waals surface area contributed by atoms with E-state index in [0.717, 1.165) is 17.9 Å². The summed E-state index contributed by atoms with van der Waals surface area (Å²) in [6.07, 6.45) is 2.99. The molecule has 0 fully saturated rings. The van der Waals surface area contributed by atoms with E-state index >= 15 is 0 Å². The van der Waals surface area contributed by atoms with Gasteiger partial charge < -0.3 is 4.74 Å². The largest absolute Gasteiger partial charge is 0.497 e. The molecule has 0 aliphatic heterocycles. The Labute approximate surface area is 83.8 Å². The first-order valence-corrected chi connectivity index (χ1v) is 5.23. The van der Waals surface area contributed by atoms with Crippen LogP contribution in [0.2, 0.25) is 0 Å². The Morgan fingerprint density at radius 3 is 2.62 bits per heavy atom. The molecule has 0 aliphatic rings. The molecular formula is C11H14OS. The zero-order valence-electron chi connectivity index (χ0n) is 7.82. The number of hydrogen-bond donors (Lipinski definition) is 0. The van der Waals surface area contributed by atoms with Gasteiger partial charge >= 0.3 is 0 Å². The predicted octanol–water partition coefficient (Wildman–Crippen LogP) is 3.36. The lowest BCUT2D eigenvalue weighted by molar-refractivity contribution is 0.414. The average molecular weight is 194 g/mol. The van der Waals surface area contributed by atoms with E-state index in [-0.39, 0.29) is 0 Å². The highest BCUT2D eigenvalue weighted by Crippen LogP contribution is 2.21. The molecule has 0 atom stereocenters. The van der Waals surface area contributed by atoms with Crippen molar-refractivity contribution in [1.29, 1.82) is 0 Å². The van der Waals surface area contributed by atoms with Crippen LogP contribution in [0.1, 0.15) is 6.42 Å². The minimum Gasteiger partial charge on any atom is -0.497 e. The van der Waals surface area contributed by atoms with E-state index in [0.29, 0.717) is 0 Å². The first-order chi connectivity index (χ1) is 6.36. The van der Waals surface area contributed by atoms with Gasteiger partial charge in [0.05, 0.1) is 7.11 Å². The molecule has 1 aromatic carbocycles. The maximum absolute atomic E-state index is 5.07. The molecule has 0 heterocycles. The number of benzene rings is 1. The first kappa shape index (κ1) is 10.2. The minimum absolute atomic E-state index is 0.910. The molecule has 0 aromatic heterocycles. The molecule has 0 saturated heterocycles. The Morgan fingerprint density at radius 1 is 1.38 bits per heavy atom. The van der Waals surface area contributed by atoms with Crippen LogP contribution in [0.5, 0.6) is 5.75 Å². The molecule has 0 N–H and O–H groups in total. The highest BCUT2D eigenvalue weighted by atomic mass is 32.2. The number of thioether (sulfide) groups is 1. The number of methoxy groups -OCH3 is 1. The van der Waals surface area contributed by atoms with Gasteiger partial charge in [-0.25, -0.2) is 0 Å².